The number of hydrogen-bond donors (Lipinski definition) is 1. The number of benzene rings is 2. The summed E-state index contributed by atoms with van der Waals surface area (Å²) in [7, 11) is 3.06. The van der Waals surface area contributed by atoms with Crippen LogP contribution in [0.2, 0.25) is 5.02 Å². The van der Waals surface area contributed by atoms with Crippen molar-refractivity contribution in [2.24, 2.45) is 0 Å². The molecule has 0 bridgehead atoms. The van der Waals surface area contributed by atoms with E-state index >= 15 is 0 Å². The maximum absolute atomic E-state index is 12.3. The van der Waals surface area contributed by atoms with Gasteiger partial charge in [0.15, 0.2) is 11.5 Å². The molecule has 2 aromatic carbocycles. The van der Waals surface area contributed by atoms with E-state index in [9.17, 15) is 4.79 Å². The fourth-order valence-corrected chi connectivity index (χ4v) is 3.21. The van der Waals surface area contributed by atoms with Crippen LogP contribution >= 0.6 is 11.6 Å². The minimum atomic E-state index is -0.183. The lowest BCUT2D eigenvalue weighted by Crippen LogP contribution is -2.30. The van der Waals surface area contributed by atoms with Crippen LogP contribution in [0.5, 0.6) is 17.2 Å². The summed E-state index contributed by atoms with van der Waals surface area (Å²) in [6, 6.07) is 11.2. The highest BCUT2D eigenvalue weighted by Gasteiger charge is 2.21. The number of rotatable bonds is 5. The van der Waals surface area contributed by atoms with E-state index in [2.05, 4.69) is 5.32 Å². The Hall–Kier alpha value is -2.66. The smallest absolute Gasteiger partial charge is 0.244 e. The number of nitrogens with one attached hydrogen (secondary N) is 1. The number of carbonyl (C=O) groups is 1. The van der Waals surface area contributed by atoms with Crippen molar-refractivity contribution in [3.05, 3.63) is 58.6 Å². The van der Waals surface area contributed by atoms with Gasteiger partial charge in [0.25, 0.3) is 0 Å². The fraction of sp³-hybridized carbons (Fsp3) is 0.250. The van der Waals surface area contributed by atoms with Gasteiger partial charge in [0.2, 0.25) is 5.91 Å². The summed E-state index contributed by atoms with van der Waals surface area (Å²) in [6.07, 6.45) is 3.91. The van der Waals surface area contributed by atoms with Crippen molar-refractivity contribution in [3.8, 4) is 17.2 Å². The van der Waals surface area contributed by atoms with Crippen LogP contribution in [0.4, 0.5) is 0 Å². The van der Waals surface area contributed by atoms with Gasteiger partial charge in [-0.2, -0.15) is 0 Å². The van der Waals surface area contributed by atoms with Crippen LogP contribution < -0.4 is 19.5 Å². The van der Waals surface area contributed by atoms with Crippen molar-refractivity contribution in [1.82, 2.24) is 5.32 Å². The average molecular weight is 374 g/mol. The van der Waals surface area contributed by atoms with E-state index in [1.165, 1.54) is 20.3 Å². The molecule has 0 fully saturated rings. The van der Waals surface area contributed by atoms with E-state index < -0.39 is 0 Å². The van der Waals surface area contributed by atoms with E-state index in [4.69, 9.17) is 25.8 Å². The van der Waals surface area contributed by atoms with E-state index in [1.807, 2.05) is 24.3 Å². The van der Waals surface area contributed by atoms with Crippen LogP contribution in [0.1, 0.15) is 23.6 Å². The molecule has 0 unspecified atom stereocenters. The number of ether oxygens (including phenoxy) is 3. The lowest BCUT2D eigenvalue weighted by Gasteiger charge is -2.26. The lowest BCUT2D eigenvalue weighted by atomic mass is 10.0. The van der Waals surface area contributed by atoms with Gasteiger partial charge in [0, 0.05) is 18.1 Å². The molecule has 0 aromatic heterocycles. The van der Waals surface area contributed by atoms with Crippen molar-refractivity contribution >= 4 is 23.6 Å². The summed E-state index contributed by atoms with van der Waals surface area (Å²) in [5.74, 6) is 1.62. The van der Waals surface area contributed by atoms with Crippen LogP contribution in [-0.4, -0.2) is 26.7 Å². The van der Waals surface area contributed by atoms with Crippen molar-refractivity contribution < 1.29 is 19.0 Å². The molecule has 2 aromatic rings. The summed E-state index contributed by atoms with van der Waals surface area (Å²) in [5, 5.41) is 3.44. The molecule has 1 atom stereocenters. The second-order valence-electron chi connectivity index (χ2n) is 5.81. The lowest BCUT2D eigenvalue weighted by molar-refractivity contribution is -0.117. The maximum Gasteiger partial charge on any atom is 0.244 e. The predicted octanol–water partition coefficient (Wildman–Crippen LogP) is 4.01. The zero-order chi connectivity index (χ0) is 18.5. The summed E-state index contributed by atoms with van der Waals surface area (Å²) in [6.45, 7) is 0.580. The van der Waals surface area contributed by atoms with Gasteiger partial charge < -0.3 is 19.5 Å². The third-order valence-electron chi connectivity index (χ3n) is 4.16. The first kappa shape index (κ1) is 18.1. The molecule has 1 amide bonds. The highest BCUT2D eigenvalue weighted by molar-refractivity contribution is 6.32. The number of hydrogen-bond acceptors (Lipinski definition) is 4. The molecule has 1 aliphatic rings. The third kappa shape index (κ3) is 3.94. The Labute approximate surface area is 157 Å². The molecule has 0 spiro atoms. The first-order valence-electron chi connectivity index (χ1n) is 8.24. The van der Waals surface area contributed by atoms with Crippen LogP contribution in [0, 0.1) is 0 Å². The Balaban J connectivity index is 1.72. The first-order chi connectivity index (χ1) is 12.6. The number of fused-ring (bicyclic) bond motifs is 1. The number of carbonyl (C=O) groups excluding carboxylic acids is 1. The Morgan fingerprint density at radius 1 is 1.27 bits per heavy atom. The van der Waals surface area contributed by atoms with Gasteiger partial charge in [-0.15, -0.1) is 0 Å². The molecule has 0 saturated carbocycles. The molecule has 1 aliphatic heterocycles. The molecule has 26 heavy (non-hydrogen) atoms. The third-order valence-corrected chi connectivity index (χ3v) is 4.44. The summed E-state index contributed by atoms with van der Waals surface area (Å²) < 4.78 is 16.1. The minimum Gasteiger partial charge on any atom is -0.493 e. The largest absolute Gasteiger partial charge is 0.493 e. The predicted molar refractivity (Wildman–Crippen MR) is 101 cm³/mol. The topological polar surface area (TPSA) is 56.8 Å². The van der Waals surface area contributed by atoms with Gasteiger partial charge in [-0.25, -0.2) is 0 Å². The fourth-order valence-electron chi connectivity index (χ4n) is 2.92. The van der Waals surface area contributed by atoms with E-state index in [0.717, 1.165) is 23.3 Å². The average Bonchev–Trinajstić information content (AvgIpc) is 2.66. The monoisotopic (exact) mass is 373 g/mol. The molecule has 1 heterocycles. The molecule has 0 radical (unpaired) electrons. The highest BCUT2D eigenvalue weighted by atomic mass is 35.5. The van der Waals surface area contributed by atoms with E-state index in [1.54, 1.807) is 18.2 Å². The maximum atomic E-state index is 12.3. The SMILES string of the molecule is COc1cc(/C=C/C(=O)N[C@H]2CCOc3ccccc32)cc(Cl)c1OC. The van der Waals surface area contributed by atoms with Crippen molar-refractivity contribution in [2.75, 3.05) is 20.8 Å². The molecule has 5 nitrogen and oxygen atoms in total. The van der Waals surface area contributed by atoms with Gasteiger partial charge in [0.1, 0.15) is 5.75 Å². The Bertz CT molecular complexity index is 835. The Morgan fingerprint density at radius 3 is 2.85 bits per heavy atom. The van der Waals surface area contributed by atoms with E-state index in [0.29, 0.717) is 23.1 Å². The van der Waals surface area contributed by atoms with Crippen molar-refractivity contribution in [1.29, 1.82) is 0 Å². The van der Waals surface area contributed by atoms with Gasteiger partial charge in [-0.05, 0) is 29.8 Å². The minimum absolute atomic E-state index is 0.0638. The molecule has 0 aliphatic carbocycles. The van der Waals surface area contributed by atoms with Gasteiger partial charge in [-0.3, -0.25) is 4.79 Å². The van der Waals surface area contributed by atoms with Gasteiger partial charge in [0.05, 0.1) is 31.9 Å². The summed E-state index contributed by atoms with van der Waals surface area (Å²) >= 11 is 6.19. The van der Waals surface area contributed by atoms with Crippen molar-refractivity contribution in [3.63, 3.8) is 0 Å². The molecule has 1 N–H and O–H groups in total. The zero-order valence-electron chi connectivity index (χ0n) is 14.6. The Morgan fingerprint density at radius 2 is 2.08 bits per heavy atom. The van der Waals surface area contributed by atoms with Crippen molar-refractivity contribution in [2.45, 2.75) is 12.5 Å². The molecule has 0 saturated heterocycles. The number of halogens is 1. The second kappa shape index (κ2) is 8.15. The first-order valence-corrected chi connectivity index (χ1v) is 8.62. The number of para-hydroxylation sites is 1. The zero-order valence-corrected chi connectivity index (χ0v) is 15.4. The molecular formula is C20H20ClNO4. The number of methoxy groups -OCH3 is 2. The quantitative estimate of drug-likeness (QED) is 0.804. The molecule has 3 rings (SSSR count). The highest BCUT2D eigenvalue weighted by Crippen LogP contribution is 2.36. The van der Waals surface area contributed by atoms with Crippen LogP contribution in [0.15, 0.2) is 42.5 Å². The number of amides is 1. The van der Waals surface area contributed by atoms with E-state index in [-0.39, 0.29) is 11.9 Å². The Kier molecular flexibility index (Phi) is 5.68. The molecule has 136 valence electrons. The van der Waals surface area contributed by atoms with Gasteiger partial charge >= 0.3 is 0 Å². The summed E-state index contributed by atoms with van der Waals surface area (Å²) in [5.41, 5.74) is 1.74. The van der Waals surface area contributed by atoms with Crippen LogP contribution in [-0.2, 0) is 4.79 Å². The van der Waals surface area contributed by atoms with Crippen LogP contribution in [0.25, 0.3) is 6.08 Å². The van der Waals surface area contributed by atoms with Gasteiger partial charge in [-0.1, -0.05) is 29.8 Å². The second-order valence-corrected chi connectivity index (χ2v) is 6.21. The summed E-state index contributed by atoms with van der Waals surface area (Å²) in [4.78, 5) is 12.3. The van der Waals surface area contributed by atoms with Crippen LogP contribution in [0.3, 0.4) is 0 Å². The molecular weight excluding hydrogens is 354 g/mol. The standard InChI is InChI=1S/C20H20ClNO4/c1-24-18-12-13(11-15(21)20(18)25-2)7-8-19(23)22-16-9-10-26-17-6-4-3-5-14(16)17/h3-8,11-12,16H,9-10H2,1-2H3,(H,22,23)/b8-7+/t16-/m0/s1. The molecule has 6 heteroatoms. The normalized spacial score (nSPS) is 15.9.